The molecule has 1 unspecified atom stereocenters. The average molecular weight is 248 g/mol. The topological polar surface area (TPSA) is 55.1 Å². The molecule has 100 valence electrons. The van der Waals surface area contributed by atoms with E-state index in [2.05, 4.69) is 19.2 Å². The van der Waals surface area contributed by atoms with Crippen molar-refractivity contribution >= 4 is 5.91 Å². The molecule has 1 atom stereocenters. The zero-order valence-electron chi connectivity index (χ0n) is 11.8. The molecular weight excluding hydrogens is 224 g/mol. The Morgan fingerprint density at radius 1 is 1.28 bits per heavy atom. The Balaban J connectivity index is 2.81. The van der Waals surface area contributed by atoms with E-state index in [-0.39, 0.29) is 11.9 Å². The molecule has 1 aromatic carbocycles. The first-order chi connectivity index (χ1) is 8.45. The first kappa shape index (κ1) is 14.7. The van der Waals surface area contributed by atoms with Crippen LogP contribution in [-0.2, 0) is 0 Å². The van der Waals surface area contributed by atoms with Crippen LogP contribution in [0.5, 0.6) is 0 Å². The Kier molecular flexibility index (Phi) is 5.35. The van der Waals surface area contributed by atoms with E-state index in [4.69, 9.17) is 5.73 Å². The monoisotopic (exact) mass is 248 g/mol. The summed E-state index contributed by atoms with van der Waals surface area (Å²) in [6, 6.07) is 5.94. The van der Waals surface area contributed by atoms with Gasteiger partial charge in [-0.1, -0.05) is 32.0 Å². The van der Waals surface area contributed by atoms with Gasteiger partial charge in [-0.2, -0.15) is 0 Å². The van der Waals surface area contributed by atoms with Crippen molar-refractivity contribution < 1.29 is 4.79 Å². The molecule has 0 aliphatic carbocycles. The van der Waals surface area contributed by atoms with Gasteiger partial charge < -0.3 is 11.1 Å². The summed E-state index contributed by atoms with van der Waals surface area (Å²) < 4.78 is 0. The summed E-state index contributed by atoms with van der Waals surface area (Å²) in [5.41, 5.74) is 8.50. The molecule has 1 aromatic rings. The van der Waals surface area contributed by atoms with Gasteiger partial charge in [0, 0.05) is 18.2 Å². The summed E-state index contributed by atoms with van der Waals surface area (Å²) in [4.78, 5) is 12.3. The van der Waals surface area contributed by atoms with Gasteiger partial charge in [-0.25, -0.2) is 0 Å². The van der Waals surface area contributed by atoms with Gasteiger partial charge in [-0.15, -0.1) is 0 Å². The smallest absolute Gasteiger partial charge is 0.252 e. The number of carbonyl (C=O) groups is 1. The fourth-order valence-electron chi connectivity index (χ4n) is 2.21. The van der Waals surface area contributed by atoms with Crippen LogP contribution in [-0.4, -0.2) is 18.5 Å². The standard InChI is InChI=1S/C15H24N2O/c1-10(2)8-13(9-16)17-15(18)14-11(3)6-5-7-12(14)4/h5-7,10,13H,8-9,16H2,1-4H3,(H,17,18). The number of hydrogen-bond donors (Lipinski definition) is 2. The number of amides is 1. The Morgan fingerprint density at radius 2 is 1.83 bits per heavy atom. The van der Waals surface area contributed by atoms with Crippen LogP contribution in [0.4, 0.5) is 0 Å². The summed E-state index contributed by atoms with van der Waals surface area (Å²) in [5, 5.41) is 3.03. The highest BCUT2D eigenvalue weighted by atomic mass is 16.1. The Bertz CT molecular complexity index is 393. The second-order valence-electron chi connectivity index (χ2n) is 5.30. The maximum atomic E-state index is 12.3. The Labute approximate surface area is 110 Å². The molecule has 0 saturated carbocycles. The van der Waals surface area contributed by atoms with Crippen molar-refractivity contribution in [3.63, 3.8) is 0 Å². The van der Waals surface area contributed by atoms with Crippen molar-refractivity contribution in [2.24, 2.45) is 11.7 Å². The summed E-state index contributed by atoms with van der Waals surface area (Å²) in [6.07, 6.45) is 0.910. The minimum atomic E-state index is -0.0123. The second-order valence-corrected chi connectivity index (χ2v) is 5.30. The number of aryl methyl sites for hydroxylation is 2. The molecule has 3 N–H and O–H groups in total. The molecule has 0 saturated heterocycles. The maximum Gasteiger partial charge on any atom is 0.252 e. The SMILES string of the molecule is Cc1cccc(C)c1C(=O)NC(CN)CC(C)C. The average Bonchev–Trinajstić information content (AvgIpc) is 2.27. The van der Waals surface area contributed by atoms with Crippen molar-refractivity contribution in [2.45, 2.75) is 40.2 Å². The summed E-state index contributed by atoms with van der Waals surface area (Å²) in [6.45, 7) is 8.67. The van der Waals surface area contributed by atoms with E-state index in [0.717, 1.165) is 23.1 Å². The molecule has 3 heteroatoms. The molecule has 18 heavy (non-hydrogen) atoms. The van der Waals surface area contributed by atoms with Crippen LogP contribution in [0.1, 0.15) is 41.8 Å². The molecule has 1 amide bonds. The molecule has 3 nitrogen and oxygen atoms in total. The van der Waals surface area contributed by atoms with Gasteiger partial charge in [-0.3, -0.25) is 4.79 Å². The van der Waals surface area contributed by atoms with Gasteiger partial charge >= 0.3 is 0 Å². The van der Waals surface area contributed by atoms with Crippen molar-refractivity contribution in [3.8, 4) is 0 Å². The molecular formula is C15H24N2O. The van der Waals surface area contributed by atoms with Gasteiger partial charge in [0.25, 0.3) is 5.91 Å². The first-order valence-corrected chi connectivity index (χ1v) is 6.52. The zero-order valence-corrected chi connectivity index (χ0v) is 11.8. The van der Waals surface area contributed by atoms with Gasteiger partial charge in [0.15, 0.2) is 0 Å². The lowest BCUT2D eigenvalue weighted by Gasteiger charge is -2.20. The van der Waals surface area contributed by atoms with Crippen LogP contribution < -0.4 is 11.1 Å². The number of rotatable bonds is 5. The quantitative estimate of drug-likeness (QED) is 0.840. The first-order valence-electron chi connectivity index (χ1n) is 6.52. The van der Waals surface area contributed by atoms with E-state index in [1.165, 1.54) is 0 Å². The second kappa shape index (κ2) is 6.55. The van der Waals surface area contributed by atoms with Crippen molar-refractivity contribution in [3.05, 3.63) is 34.9 Å². The fraction of sp³-hybridized carbons (Fsp3) is 0.533. The molecule has 0 aliphatic heterocycles. The van der Waals surface area contributed by atoms with Gasteiger partial charge in [0.05, 0.1) is 0 Å². The van der Waals surface area contributed by atoms with E-state index < -0.39 is 0 Å². The fourth-order valence-corrected chi connectivity index (χ4v) is 2.21. The van der Waals surface area contributed by atoms with E-state index >= 15 is 0 Å². The number of nitrogens with one attached hydrogen (secondary N) is 1. The van der Waals surface area contributed by atoms with E-state index in [9.17, 15) is 4.79 Å². The van der Waals surface area contributed by atoms with Gasteiger partial charge in [0.1, 0.15) is 0 Å². The van der Waals surface area contributed by atoms with Crippen LogP contribution in [0.3, 0.4) is 0 Å². The third kappa shape index (κ3) is 3.84. The summed E-state index contributed by atoms with van der Waals surface area (Å²) in [5.74, 6) is 0.513. The molecule has 1 rings (SSSR count). The van der Waals surface area contributed by atoms with Gasteiger partial charge in [-0.05, 0) is 37.3 Å². The summed E-state index contributed by atoms with van der Waals surface area (Å²) in [7, 11) is 0. The third-order valence-electron chi connectivity index (χ3n) is 3.08. The predicted octanol–water partition coefficient (Wildman–Crippen LogP) is 2.41. The van der Waals surface area contributed by atoms with Crippen molar-refractivity contribution in [1.29, 1.82) is 0 Å². The number of hydrogen-bond acceptors (Lipinski definition) is 2. The lowest BCUT2D eigenvalue weighted by Crippen LogP contribution is -2.41. The highest BCUT2D eigenvalue weighted by Gasteiger charge is 2.16. The van der Waals surface area contributed by atoms with E-state index in [1.807, 2.05) is 32.0 Å². The molecule has 0 aromatic heterocycles. The highest BCUT2D eigenvalue weighted by Crippen LogP contribution is 2.14. The lowest BCUT2D eigenvalue weighted by atomic mass is 10.00. The largest absolute Gasteiger partial charge is 0.348 e. The van der Waals surface area contributed by atoms with Crippen LogP contribution in [0.2, 0.25) is 0 Å². The van der Waals surface area contributed by atoms with Crippen molar-refractivity contribution in [1.82, 2.24) is 5.32 Å². The number of carbonyl (C=O) groups excluding carboxylic acids is 1. The normalized spacial score (nSPS) is 12.6. The lowest BCUT2D eigenvalue weighted by molar-refractivity contribution is 0.0932. The molecule has 0 aliphatic rings. The molecule has 0 fully saturated rings. The van der Waals surface area contributed by atoms with Gasteiger partial charge in [0.2, 0.25) is 0 Å². The molecule has 0 heterocycles. The van der Waals surface area contributed by atoms with E-state index in [0.29, 0.717) is 12.5 Å². The van der Waals surface area contributed by atoms with E-state index in [1.54, 1.807) is 0 Å². The summed E-state index contributed by atoms with van der Waals surface area (Å²) >= 11 is 0. The third-order valence-corrected chi connectivity index (χ3v) is 3.08. The van der Waals surface area contributed by atoms with Crippen LogP contribution >= 0.6 is 0 Å². The zero-order chi connectivity index (χ0) is 13.7. The minimum Gasteiger partial charge on any atom is -0.348 e. The molecule has 0 bridgehead atoms. The predicted molar refractivity (Wildman–Crippen MR) is 75.7 cm³/mol. The highest BCUT2D eigenvalue weighted by molar-refractivity contribution is 5.97. The minimum absolute atomic E-state index is 0.0123. The van der Waals surface area contributed by atoms with Crippen LogP contribution in [0.25, 0.3) is 0 Å². The Morgan fingerprint density at radius 3 is 2.28 bits per heavy atom. The maximum absolute atomic E-state index is 12.3. The molecule has 0 radical (unpaired) electrons. The Hall–Kier alpha value is -1.35. The number of nitrogens with two attached hydrogens (primary N) is 1. The molecule has 0 spiro atoms. The van der Waals surface area contributed by atoms with Crippen molar-refractivity contribution in [2.75, 3.05) is 6.54 Å². The number of benzene rings is 1. The van der Waals surface area contributed by atoms with Crippen LogP contribution in [0.15, 0.2) is 18.2 Å². The van der Waals surface area contributed by atoms with Crippen LogP contribution in [0, 0.1) is 19.8 Å².